The first kappa shape index (κ1) is 18.1. The number of thiocarbonyl (C=S) groups is 1. The van der Waals surface area contributed by atoms with Crippen molar-refractivity contribution in [2.45, 2.75) is 26.8 Å². The summed E-state index contributed by atoms with van der Waals surface area (Å²) < 4.78 is 14.3. The van der Waals surface area contributed by atoms with Crippen molar-refractivity contribution in [3.63, 3.8) is 0 Å². The lowest BCUT2D eigenvalue weighted by molar-refractivity contribution is -0.113. The van der Waals surface area contributed by atoms with Crippen molar-refractivity contribution >= 4 is 28.9 Å². The number of carbonyl (C=O) groups is 1. The predicted molar refractivity (Wildman–Crippen MR) is 105 cm³/mol. The highest BCUT2D eigenvalue weighted by molar-refractivity contribution is 7.80. The van der Waals surface area contributed by atoms with Crippen molar-refractivity contribution in [2.24, 2.45) is 0 Å². The molecular formula is C20H20FN3OS. The van der Waals surface area contributed by atoms with Crippen LogP contribution in [-0.2, 0) is 4.79 Å². The number of allylic oxidation sites excluding steroid dienone is 1. The Labute approximate surface area is 157 Å². The van der Waals surface area contributed by atoms with Crippen LogP contribution in [0.25, 0.3) is 0 Å². The second-order valence-electron chi connectivity index (χ2n) is 6.36. The number of carbonyl (C=O) groups excluding carboxylic acids is 1. The maximum Gasteiger partial charge on any atom is 0.255 e. The Hall–Kier alpha value is -2.73. The fourth-order valence-corrected chi connectivity index (χ4v) is 3.35. The number of hydrogen-bond acceptors (Lipinski definition) is 2. The Bertz CT molecular complexity index is 923. The van der Waals surface area contributed by atoms with E-state index in [0.29, 0.717) is 21.9 Å². The standard InChI is InChI=1S/C20H20FN3OS/c1-11-8-9-16(12(2)10-11)23-19(25)17-13(3)22-20(26)24-18(17)14-6-4-5-7-15(14)21/h4-10,18H,1-3H3,(H,23,25)(H2,22,24,26). The second kappa shape index (κ2) is 7.25. The third-order valence-corrected chi connectivity index (χ3v) is 4.58. The smallest absolute Gasteiger partial charge is 0.255 e. The van der Waals surface area contributed by atoms with Crippen LogP contribution >= 0.6 is 12.2 Å². The van der Waals surface area contributed by atoms with Crippen molar-refractivity contribution in [1.29, 1.82) is 0 Å². The van der Waals surface area contributed by atoms with E-state index in [2.05, 4.69) is 16.0 Å². The van der Waals surface area contributed by atoms with Crippen LogP contribution in [0.3, 0.4) is 0 Å². The van der Waals surface area contributed by atoms with Crippen LogP contribution in [0.2, 0.25) is 0 Å². The lowest BCUT2D eigenvalue weighted by Crippen LogP contribution is -2.46. The summed E-state index contributed by atoms with van der Waals surface area (Å²) in [4.78, 5) is 13.0. The highest BCUT2D eigenvalue weighted by Crippen LogP contribution is 2.29. The molecule has 0 spiro atoms. The molecule has 0 radical (unpaired) electrons. The molecule has 0 saturated heterocycles. The van der Waals surface area contributed by atoms with Crippen LogP contribution in [0, 0.1) is 19.7 Å². The first-order valence-electron chi connectivity index (χ1n) is 8.28. The molecule has 2 aromatic carbocycles. The largest absolute Gasteiger partial charge is 0.351 e. The van der Waals surface area contributed by atoms with Gasteiger partial charge in [0.2, 0.25) is 0 Å². The van der Waals surface area contributed by atoms with Gasteiger partial charge in [0.05, 0.1) is 11.6 Å². The number of rotatable bonds is 3. The zero-order valence-electron chi connectivity index (χ0n) is 14.8. The fourth-order valence-electron chi connectivity index (χ4n) is 3.08. The molecule has 1 atom stereocenters. The van der Waals surface area contributed by atoms with Crippen LogP contribution in [0.15, 0.2) is 53.7 Å². The molecule has 1 aliphatic heterocycles. The lowest BCUT2D eigenvalue weighted by atomic mass is 9.94. The fraction of sp³-hybridized carbons (Fsp3) is 0.200. The molecular weight excluding hydrogens is 349 g/mol. The molecule has 1 aliphatic rings. The van der Waals surface area contributed by atoms with E-state index < -0.39 is 6.04 Å². The van der Waals surface area contributed by atoms with Gasteiger partial charge in [0.25, 0.3) is 5.91 Å². The van der Waals surface area contributed by atoms with Gasteiger partial charge < -0.3 is 16.0 Å². The van der Waals surface area contributed by atoms with E-state index in [-0.39, 0.29) is 11.7 Å². The molecule has 0 aromatic heterocycles. The van der Waals surface area contributed by atoms with Gasteiger partial charge in [-0.05, 0) is 50.7 Å². The number of anilines is 1. The third-order valence-electron chi connectivity index (χ3n) is 4.36. The molecule has 0 saturated carbocycles. The summed E-state index contributed by atoms with van der Waals surface area (Å²) in [5.74, 6) is -0.690. The summed E-state index contributed by atoms with van der Waals surface area (Å²) in [5.41, 5.74) is 4.19. The van der Waals surface area contributed by atoms with Crippen LogP contribution in [0.5, 0.6) is 0 Å². The zero-order chi connectivity index (χ0) is 18.8. The van der Waals surface area contributed by atoms with Gasteiger partial charge in [0, 0.05) is 16.9 Å². The summed E-state index contributed by atoms with van der Waals surface area (Å²) >= 11 is 5.20. The van der Waals surface area contributed by atoms with E-state index >= 15 is 0 Å². The Morgan fingerprint density at radius 3 is 2.58 bits per heavy atom. The molecule has 0 fully saturated rings. The van der Waals surface area contributed by atoms with Gasteiger partial charge in [-0.3, -0.25) is 4.79 Å². The van der Waals surface area contributed by atoms with Gasteiger partial charge >= 0.3 is 0 Å². The number of aryl methyl sites for hydroxylation is 2. The summed E-state index contributed by atoms with van der Waals surface area (Å²) in [6.07, 6.45) is 0. The van der Waals surface area contributed by atoms with E-state index in [1.807, 2.05) is 32.0 Å². The van der Waals surface area contributed by atoms with Crippen molar-refractivity contribution in [3.05, 3.63) is 76.2 Å². The minimum atomic E-state index is -0.657. The summed E-state index contributed by atoms with van der Waals surface area (Å²) in [6.45, 7) is 5.69. The molecule has 6 heteroatoms. The zero-order valence-corrected chi connectivity index (χ0v) is 15.6. The monoisotopic (exact) mass is 369 g/mol. The van der Waals surface area contributed by atoms with Crippen LogP contribution in [0.1, 0.15) is 29.7 Å². The molecule has 4 nitrogen and oxygen atoms in total. The highest BCUT2D eigenvalue weighted by atomic mass is 32.1. The molecule has 1 amide bonds. The molecule has 0 aliphatic carbocycles. The van der Waals surface area contributed by atoms with Gasteiger partial charge in [0.1, 0.15) is 5.82 Å². The van der Waals surface area contributed by atoms with E-state index in [4.69, 9.17) is 12.2 Å². The van der Waals surface area contributed by atoms with Crippen LogP contribution in [-0.4, -0.2) is 11.0 Å². The summed E-state index contributed by atoms with van der Waals surface area (Å²) in [6, 6.07) is 11.5. The Kier molecular flexibility index (Phi) is 5.04. The van der Waals surface area contributed by atoms with Crippen molar-refractivity contribution < 1.29 is 9.18 Å². The molecule has 1 heterocycles. The number of benzene rings is 2. The molecule has 134 valence electrons. The first-order valence-corrected chi connectivity index (χ1v) is 8.69. The molecule has 2 aromatic rings. The van der Waals surface area contributed by atoms with Gasteiger partial charge in [-0.25, -0.2) is 4.39 Å². The summed E-state index contributed by atoms with van der Waals surface area (Å²) in [5, 5.41) is 9.25. The normalized spacial score (nSPS) is 16.8. The van der Waals surface area contributed by atoms with Gasteiger partial charge in [-0.1, -0.05) is 35.9 Å². The summed E-state index contributed by atoms with van der Waals surface area (Å²) in [7, 11) is 0. The minimum Gasteiger partial charge on any atom is -0.351 e. The minimum absolute atomic E-state index is 0.301. The first-order chi connectivity index (χ1) is 12.4. The maximum atomic E-state index is 14.3. The van der Waals surface area contributed by atoms with E-state index in [0.717, 1.165) is 16.8 Å². The number of halogens is 1. The quantitative estimate of drug-likeness (QED) is 0.719. The molecule has 1 unspecified atom stereocenters. The molecule has 26 heavy (non-hydrogen) atoms. The average Bonchev–Trinajstić information content (AvgIpc) is 2.57. The topological polar surface area (TPSA) is 53.2 Å². The number of hydrogen-bond donors (Lipinski definition) is 3. The molecule has 3 rings (SSSR count). The SMILES string of the molecule is CC1=C(C(=O)Nc2ccc(C)cc2C)C(c2ccccc2F)NC(=S)N1. The maximum absolute atomic E-state index is 14.3. The van der Waals surface area contributed by atoms with Gasteiger partial charge in [-0.2, -0.15) is 0 Å². The van der Waals surface area contributed by atoms with E-state index in [1.54, 1.807) is 25.1 Å². The van der Waals surface area contributed by atoms with Crippen molar-refractivity contribution in [2.75, 3.05) is 5.32 Å². The van der Waals surface area contributed by atoms with Crippen molar-refractivity contribution in [1.82, 2.24) is 10.6 Å². The predicted octanol–water partition coefficient (Wildman–Crippen LogP) is 3.87. The van der Waals surface area contributed by atoms with E-state index in [1.165, 1.54) is 6.07 Å². The molecule has 3 N–H and O–H groups in total. The molecule has 0 bridgehead atoms. The Balaban J connectivity index is 1.98. The van der Waals surface area contributed by atoms with Crippen molar-refractivity contribution in [3.8, 4) is 0 Å². The van der Waals surface area contributed by atoms with Crippen LogP contribution in [0.4, 0.5) is 10.1 Å². The Morgan fingerprint density at radius 2 is 1.88 bits per heavy atom. The average molecular weight is 369 g/mol. The number of nitrogens with one attached hydrogen (secondary N) is 3. The second-order valence-corrected chi connectivity index (χ2v) is 6.77. The lowest BCUT2D eigenvalue weighted by Gasteiger charge is -2.30. The highest BCUT2D eigenvalue weighted by Gasteiger charge is 2.31. The van der Waals surface area contributed by atoms with Crippen LogP contribution < -0.4 is 16.0 Å². The van der Waals surface area contributed by atoms with Gasteiger partial charge in [0.15, 0.2) is 5.11 Å². The van der Waals surface area contributed by atoms with E-state index in [9.17, 15) is 9.18 Å². The third kappa shape index (κ3) is 3.60. The number of amides is 1. The Morgan fingerprint density at radius 1 is 1.15 bits per heavy atom. The van der Waals surface area contributed by atoms with Gasteiger partial charge in [-0.15, -0.1) is 0 Å².